The molecule has 3 aromatic carbocycles. The van der Waals surface area contributed by atoms with E-state index in [1.165, 1.54) is 21.5 Å². The fourth-order valence-electron chi connectivity index (χ4n) is 1.88. The molecule has 0 saturated carbocycles. The van der Waals surface area contributed by atoms with Gasteiger partial charge in [-0.1, -0.05) is 48.5 Å². The van der Waals surface area contributed by atoms with Gasteiger partial charge in [0.05, 0.1) is 0 Å². The van der Waals surface area contributed by atoms with Crippen LogP contribution in [0.2, 0.25) is 0 Å². The summed E-state index contributed by atoms with van der Waals surface area (Å²) in [5.41, 5.74) is 0. The molecule has 0 fully saturated rings. The minimum Gasteiger partial charge on any atom is -0.169 e. The van der Waals surface area contributed by atoms with Gasteiger partial charge < -0.3 is 0 Å². The summed E-state index contributed by atoms with van der Waals surface area (Å²) in [5, 5.41) is 5.25. The van der Waals surface area contributed by atoms with Crippen molar-refractivity contribution in [1.29, 1.82) is 0 Å². The van der Waals surface area contributed by atoms with E-state index in [0.717, 1.165) is 0 Å². The first kappa shape index (κ1) is 12.0. The van der Waals surface area contributed by atoms with E-state index in [1.807, 2.05) is 12.5 Å². The van der Waals surface area contributed by atoms with E-state index in [2.05, 4.69) is 60.7 Å². The van der Waals surface area contributed by atoms with Crippen LogP contribution in [0.25, 0.3) is 21.5 Å². The van der Waals surface area contributed by atoms with Crippen LogP contribution >= 0.6 is 11.8 Å². The average Bonchev–Trinajstić information content (AvgIpc) is 2.37. The molecule has 1 heteroatoms. The first-order chi connectivity index (χ1) is 8.35. The summed E-state index contributed by atoms with van der Waals surface area (Å²) in [6.07, 6.45) is 4.08. The van der Waals surface area contributed by atoms with E-state index in [4.69, 9.17) is 0 Å². The van der Waals surface area contributed by atoms with Crippen molar-refractivity contribution in [2.45, 2.75) is 0 Å². The van der Waals surface area contributed by atoms with Crippen molar-refractivity contribution in [3.05, 3.63) is 60.7 Å². The average molecular weight is 240 g/mol. The van der Waals surface area contributed by atoms with Crippen LogP contribution < -0.4 is 0 Å². The molecule has 0 spiro atoms. The third kappa shape index (κ3) is 2.80. The van der Waals surface area contributed by atoms with Crippen LogP contribution in [0.1, 0.15) is 0 Å². The minimum atomic E-state index is 1.31. The molecule has 0 aromatic heterocycles. The molecule has 0 aliphatic carbocycles. The molecule has 0 aliphatic rings. The van der Waals surface area contributed by atoms with Gasteiger partial charge in [-0.25, -0.2) is 0 Å². The van der Waals surface area contributed by atoms with Gasteiger partial charge in [-0.2, -0.15) is 11.8 Å². The van der Waals surface area contributed by atoms with Gasteiger partial charge >= 0.3 is 0 Å². The Morgan fingerprint density at radius 3 is 1.06 bits per heavy atom. The molecule has 3 aromatic rings. The molecule has 0 N–H and O–H groups in total. The Hall–Kier alpha value is -1.47. The number of benzene rings is 3. The number of thioether (sulfide) groups is 1. The van der Waals surface area contributed by atoms with Crippen molar-refractivity contribution >= 4 is 33.3 Å². The molecule has 0 atom stereocenters. The molecule has 0 radical (unpaired) electrons. The lowest BCUT2D eigenvalue weighted by atomic mass is 10.0. The molecule has 0 heterocycles. The lowest BCUT2D eigenvalue weighted by molar-refractivity contribution is 1.76. The lowest BCUT2D eigenvalue weighted by Gasteiger charge is -2.00. The third-order valence-corrected chi connectivity index (χ3v) is 2.61. The second kappa shape index (κ2) is 5.74. The van der Waals surface area contributed by atoms with Crippen LogP contribution in [-0.4, -0.2) is 12.5 Å². The fraction of sp³-hybridized carbons (Fsp3) is 0.125. The summed E-state index contributed by atoms with van der Waals surface area (Å²) in [4.78, 5) is 0. The largest absolute Gasteiger partial charge is 0.169 e. The van der Waals surface area contributed by atoms with Crippen LogP contribution in [-0.2, 0) is 0 Å². The maximum absolute atomic E-state index is 2.24. The first-order valence-corrected chi connectivity index (χ1v) is 7.26. The number of hydrogen-bond donors (Lipinski definition) is 0. The van der Waals surface area contributed by atoms with E-state index in [0.29, 0.717) is 0 Å². The highest BCUT2D eigenvalue weighted by atomic mass is 32.2. The fourth-order valence-corrected chi connectivity index (χ4v) is 1.88. The summed E-state index contributed by atoms with van der Waals surface area (Å²) in [6, 6.07) is 21.4. The molecule has 0 saturated heterocycles. The van der Waals surface area contributed by atoms with Crippen molar-refractivity contribution in [3.63, 3.8) is 0 Å². The maximum atomic E-state index is 2.24. The molecule has 0 amide bonds. The smallest absolute Gasteiger partial charge is 0.0178 e. The van der Waals surface area contributed by atoms with Crippen LogP contribution in [0.3, 0.4) is 0 Å². The summed E-state index contributed by atoms with van der Waals surface area (Å²) in [5.74, 6) is 0. The molecule has 0 nitrogen and oxygen atoms in total. The topological polar surface area (TPSA) is 0 Å². The minimum absolute atomic E-state index is 1.31. The van der Waals surface area contributed by atoms with Crippen LogP contribution in [0.15, 0.2) is 60.7 Å². The second-order valence-corrected chi connectivity index (χ2v) is 4.77. The van der Waals surface area contributed by atoms with Gasteiger partial charge in [0.1, 0.15) is 0 Å². The summed E-state index contributed by atoms with van der Waals surface area (Å²) >= 11 is 1.75. The third-order valence-electron chi connectivity index (χ3n) is 2.61. The monoisotopic (exact) mass is 240 g/mol. The first-order valence-electron chi connectivity index (χ1n) is 5.63. The zero-order valence-corrected chi connectivity index (χ0v) is 11.0. The standard InChI is InChI=1S/C14H10.C2H6S/c1-2-6-12-10-14-8-4-3-7-13(14)9-11(12)5-1;1-3-2/h1-10H;1-2H3. The van der Waals surface area contributed by atoms with Gasteiger partial charge in [-0.15, -0.1) is 0 Å². The second-order valence-electron chi connectivity index (χ2n) is 3.95. The predicted molar refractivity (Wildman–Crippen MR) is 80.9 cm³/mol. The maximum Gasteiger partial charge on any atom is -0.0178 e. The van der Waals surface area contributed by atoms with Gasteiger partial charge in [0, 0.05) is 0 Å². The zero-order valence-electron chi connectivity index (χ0n) is 10.2. The van der Waals surface area contributed by atoms with Gasteiger partial charge in [0.15, 0.2) is 0 Å². The molecule has 0 unspecified atom stereocenters. The van der Waals surface area contributed by atoms with E-state index in [9.17, 15) is 0 Å². The Morgan fingerprint density at radius 2 is 0.824 bits per heavy atom. The summed E-state index contributed by atoms with van der Waals surface area (Å²) in [6.45, 7) is 0. The molecule has 17 heavy (non-hydrogen) atoms. The van der Waals surface area contributed by atoms with Crippen molar-refractivity contribution < 1.29 is 0 Å². The highest BCUT2D eigenvalue weighted by molar-refractivity contribution is 7.97. The van der Waals surface area contributed by atoms with Crippen LogP contribution in [0, 0.1) is 0 Å². The number of fused-ring (bicyclic) bond motifs is 2. The quantitative estimate of drug-likeness (QED) is 0.500. The molecule has 86 valence electrons. The normalized spacial score (nSPS) is 10.0. The number of hydrogen-bond acceptors (Lipinski definition) is 1. The molecule has 0 bridgehead atoms. The molecular formula is C16H16S. The van der Waals surface area contributed by atoms with Crippen molar-refractivity contribution in [2.24, 2.45) is 0 Å². The van der Waals surface area contributed by atoms with E-state index < -0.39 is 0 Å². The highest BCUT2D eigenvalue weighted by Gasteiger charge is 1.95. The van der Waals surface area contributed by atoms with E-state index in [-0.39, 0.29) is 0 Å². The Kier molecular flexibility index (Phi) is 4.05. The zero-order chi connectivity index (χ0) is 12.1. The molecule has 3 rings (SSSR count). The van der Waals surface area contributed by atoms with E-state index >= 15 is 0 Å². The Balaban J connectivity index is 0.000000329. The highest BCUT2D eigenvalue weighted by Crippen LogP contribution is 2.21. The van der Waals surface area contributed by atoms with Gasteiger partial charge in [0.25, 0.3) is 0 Å². The molecule has 0 aliphatic heterocycles. The lowest BCUT2D eigenvalue weighted by Crippen LogP contribution is -1.74. The Bertz CT molecular complexity index is 509. The molecular weight excluding hydrogens is 224 g/mol. The van der Waals surface area contributed by atoms with Gasteiger partial charge in [0.2, 0.25) is 0 Å². The van der Waals surface area contributed by atoms with Gasteiger partial charge in [-0.3, -0.25) is 0 Å². The van der Waals surface area contributed by atoms with Crippen molar-refractivity contribution in [1.82, 2.24) is 0 Å². The summed E-state index contributed by atoms with van der Waals surface area (Å²) in [7, 11) is 0. The van der Waals surface area contributed by atoms with Crippen molar-refractivity contribution in [2.75, 3.05) is 12.5 Å². The summed E-state index contributed by atoms with van der Waals surface area (Å²) < 4.78 is 0. The SMILES string of the molecule is CSC.c1ccc2cc3ccccc3cc2c1. The van der Waals surface area contributed by atoms with Crippen LogP contribution in [0.5, 0.6) is 0 Å². The predicted octanol–water partition coefficient (Wildman–Crippen LogP) is 4.97. The number of rotatable bonds is 0. The van der Waals surface area contributed by atoms with Gasteiger partial charge in [-0.05, 0) is 46.2 Å². The van der Waals surface area contributed by atoms with E-state index in [1.54, 1.807) is 11.8 Å². The Morgan fingerprint density at radius 1 is 0.588 bits per heavy atom. The Labute approximate surface area is 107 Å². The van der Waals surface area contributed by atoms with Crippen LogP contribution in [0.4, 0.5) is 0 Å². The van der Waals surface area contributed by atoms with Crippen molar-refractivity contribution in [3.8, 4) is 0 Å².